The van der Waals surface area contributed by atoms with Gasteiger partial charge in [-0.15, -0.1) is 6.58 Å². The Hall–Kier alpha value is 0.01000. The largest absolute Gasteiger partial charge is 0.371 e. The highest BCUT2D eigenvalue weighted by Crippen LogP contribution is 2.12. The van der Waals surface area contributed by atoms with Crippen molar-refractivity contribution in [2.24, 2.45) is 0 Å². The number of hydrogen-bond acceptors (Lipinski definition) is 3. The lowest BCUT2D eigenvalue weighted by atomic mass is 10.5. The molecule has 9 heavy (non-hydrogen) atoms. The molecular weight excluding hydrogens is 136 g/mol. The Bertz CT molecular complexity index is 91.1. The highest BCUT2D eigenvalue weighted by molar-refractivity contribution is 7.94. The fourth-order valence-corrected chi connectivity index (χ4v) is 0.825. The molecule has 1 saturated heterocycles. The van der Waals surface area contributed by atoms with Gasteiger partial charge in [0.2, 0.25) is 0 Å². The molecule has 3 heteroatoms. The van der Waals surface area contributed by atoms with Gasteiger partial charge in [-0.1, -0.05) is 6.08 Å². The van der Waals surface area contributed by atoms with E-state index in [-0.39, 0.29) is 0 Å². The molecule has 1 aliphatic heterocycles. The van der Waals surface area contributed by atoms with Gasteiger partial charge >= 0.3 is 0 Å². The summed E-state index contributed by atoms with van der Waals surface area (Å²) in [5.74, 6) is 0.854. The second kappa shape index (κ2) is 3.93. The fourth-order valence-electron chi connectivity index (χ4n) is 0.384. The summed E-state index contributed by atoms with van der Waals surface area (Å²) >= 11 is 1.42. The molecular formula is C6H10O2S. The molecule has 0 N–H and O–H groups in total. The van der Waals surface area contributed by atoms with Crippen LogP contribution in [0.3, 0.4) is 0 Å². The molecule has 0 aromatic rings. The monoisotopic (exact) mass is 146 g/mol. The molecule has 0 saturated carbocycles. The van der Waals surface area contributed by atoms with Crippen molar-refractivity contribution in [2.75, 3.05) is 19.0 Å². The van der Waals surface area contributed by atoms with Crippen LogP contribution in [0.4, 0.5) is 0 Å². The van der Waals surface area contributed by atoms with E-state index in [1.165, 1.54) is 12.0 Å². The van der Waals surface area contributed by atoms with Gasteiger partial charge in [-0.2, -0.15) is 0 Å². The summed E-state index contributed by atoms with van der Waals surface area (Å²) in [7, 11) is 0. The van der Waals surface area contributed by atoms with Crippen LogP contribution in [0.1, 0.15) is 0 Å². The number of epoxide rings is 1. The molecule has 0 aliphatic carbocycles. The SMILES string of the molecule is C=CCSOCC1CO1. The summed E-state index contributed by atoms with van der Waals surface area (Å²) in [5, 5.41) is 0. The van der Waals surface area contributed by atoms with E-state index in [1.807, 2.05) is 6.08 Å². The lowest BCUT2D eigenvalue weighted by Crippen LogP contribution is -1.94. The lowest BCUT2D eigenvalue weighted by Gasteiger charge is -1.94. The third-order valence-electron chi connectivity index (χ3n) is 0.926. The molecule has 0 aromatic heterocycles. The van der Waals surface area contributed by atoms with E-state index in [0.717, 1.165) is 19.0 Å². The molecule has 0 amide bonds. The number of rotatable bonds is 5. The Balaban J connectivity index is 1.75. The van der Waals surface area contributed by atoms with Gasteiger partial charge in [-0.05, 0) is 12.0 Å². The Morgan fingerprint density at radius 1 is 1.89 bits per heavy atom. The van der Waals surface area contributed by atoms with E-state index in [2.05, 4.69) is 6.58 Å². The summed E-state index contributed by atoms with van der Waals surface area (Å²) < 4.78 is 10.0. The van der Waals surface area contributed by atoms with E-state index in [4.69, 9.17) is 8.92 Å². The van der Waals surface area contributed by atoms with Crippen molar-refractivity contribution in [3.05, 3.63) is 12.7 Å². The summed E-state index contributed by atoms with van der Waals surface area (Å²) in [4.78, 5) is 0. The second-order valence-electron chi connectivity index (χ2n) is 1.81. The van der Waals surface area contributed by atoms with E-state index in [0.29, 0.717) is 6.10 Å². The highest BCUT2D eigenvalue weighted by atomic mass is 32.2. The zero-order valence-electron chi connectivity index (χ0n) is 5.21. The van der Waals surface area contributed by atoms with Crippen LogP contribution < -0.4 is 0 Å². The molecule has 1 fully saturated rings. The van der Waals surface area contributed by atoms with E-state index >= 15 is 0 Å². The van der Waals surface area contributed by atoms with E-state index < -0.39 is 0 Å². The zero-order chi connectivity index (χ0) is 6.53. The maximum Gasteiger partial charge on any atom is 0.105 e. The predicted molar refractivity (Wildman–Crippen MR) is 38.3 cm³/mol. The summed E-state index contributed by atoms with van der Waals surface area (Å²) in [6.07, 6.45) is 2.20. The summed E-state index contributed by atoms with van der Waals surface area (Å²) in [5.41, 5.74) is 0. The molecule has 1 aliphatic rings. The van der Waals surface area contributed by atoms with Crippen LogP contribution in [0, 0.1) is 0 Å². The quantitative estimate of drug-likeness (QED) is 0.252. The predicted octanol–water partition coefficient (Wildman–Crippen LogP) is 1.24. The molecule has 0 aromatic carbocycles. The van der Waals surface area contributed by atoms with Gasteiger partial charge in [-0.25, -0.2) is 0 Å². The van der Waals surface area contributed by atoms with Gasteiger partial charge in [-0.3, -0.25) is 0 Å². The third kappa shape index (κ3) is 3.56. The molecule has 1 rings (SSSR count). The minimum absolute atomic E-state index is 0.377. The van der Waals surface area contributed by atoms with Crippen LogP contribution >= 0.6 is 12.0 Å². The second-order valence-corrected chi connectivity index (χ2v) is 2.62. The third-order valence-corrected chi connectivity index (χ3v) is 1.60. The van der Waals surface area contributed by atoms with Crippen molar-refractivity contribution in [1.82, 2.24) is 0 Å². The van der Waals surface area contributed by atoms with Gasteiger partial charge in [0.15, 0.2) is 0 Å². The molecule has 1 heterocycles. The molecule has 0 radical (unpaired) electrons. The first-order valence-electron chi connectivity index (χ1n) is 2.90. The summed E-state index contributed by atoms with van der Waals surface area (Å²) in [6.45, 7) is 5.15. The zero-order valence-corrected chi connectivity index (χ0v) is 6.02. The standard InChI is InChI=1S/C6H10O2S/c1-2-3-9-8-5-6-4-7-6/h2,6H,1,3-5H2. The van der Waals surface area contributed by atoms with Crippen molar-refractivity contribution < 1.29 is 8.92 Å². The first-order chi connectivity index (χ1) is 4.43. The van der Waals surface area contributed by atoms with E-state index in [1.54, 1.807) is 0 Å². The topological polar surface area (TPSA) is 21.8 Å². The molecule has 1 atom stereocenters. The van der Waals surface area contributed by atoms with Crippen LogP contribution in [0.2, 0.25) is 0 Å². The van der Waals surface area contributed by atoms with E-state index in [9.17, 15) is 0 Å². The Morgan fingerprint density at radius 3 is 3.22 bits per heavy atom. The van der Waals surface area contributed by atoms with Gasteiger partial charge in [0, 0.05) is 5.75 Å². The first kappa shape index (κ1) is 7.12. The Morgan fingerprint density at radius 2 is 2.67 bits per heavy atom. The average Bonchev–Trinajstić information content (AvgIpc) is 2.63. The Labute approximate surface area is 59.4 Å². The van der Waals surface area contributed by atoms with Crippen molar-refractivity contribution in [3.8, 4) is 0 Å². The van der Waals surface area contributed by atoms with Crippen molar-refractivity contribution in [1.29, 1.82) is 0 Å². The van der Waals surface area contributed by atoms with Gasteiger partial charge in [0.1, 0.15) is 6.10 Å². The van der Waals surface area contributed by atoms with Crippen LogP contribution in [0.5, 0.6) is 0 Å². The molecule has 0 spiro atoms. The van der Waals surface area contributed by atoms with Crippen molar-refractivity contribution in [2.45, 2.75) is 6.10 Å². The average molecular weight is 146 g/mol. The molecule has 2 nitrogen and oxygen atoms in total. The minimum atomic E-state index is 0.377. The van der Waals surface area contributed by atoms with Gasteiger partial charge in [0.25, 0.3) is 0 Å². The van der Waals surface area contributed by atoms with Crippen LogP contribution in [0.25, 0.3) is 0 Å². The molecule has 0 bridgehead atoms. The Kier molecular flexibility index (Phi) is 3.11. The maximum atomic E-state index is 5.12. The lowest BCUT2D eigenvalue weighted by molar-refractivity contribution is 0.296. The molecule has 1 unspecified atom stereocenters. The highest BCUT2D eigenvalue weighted by Gasteiger charge is 2.22. The van der Waals surface area contributed by atoms with Crippen LogP contribution in [-0.2, 0) is 8.92 Å². The van der Waals surface area contributed by atoms with Crippen LogP contribution in [0.15, 0.2) is 12.7 Å². The summed E-state index contributed by atoms with van der Waals surface area (Å²) in [6, 6.07) is 0. The van der Waals surface area contributed by atoms with Crippen molar-refractivity contribution >= 4 is 12.0 Å². The maximum absolute atomic E-state index is 5.12. The van der Waals surface area contributed by atoms with Crippen LogP contribution in [-0.4, -0.2) is 25.1 Å². The van der Waals surface area contributed by atoms with Gasteiger partial charge in [0.05, 0.1) is 13.2 Å². The smallest absolute Gasteiger partial charge is 0.105 e. The normalized spacial score (nSPS) is 23.8. The van der Waals surface area contributed by atoms with Gasteiger partial charge < -0.3 is 8.92 Å². The number of hydrogen-bond donors (Lipinski definition) is 0. The molecule has 52 valence electrons. The first-order valence-corrected chi connectivity index (χ1v) is 3.81. The number of ether oxygens (including phenoxy) is 1. The minimum Gasteiger partial charge on any atom is -0.371 e. The van der Waals surface area contributed by atoms with Crippen molar-refractivity contribution in [3.63, 3.8) is 0 Å². The fraction of sp³-hybridized carbons (Fsp3) is 0.667.